The van der Waals surface area contributed by atoms with Crippen LogP contribution in [0.3, 0.4) is 0 Å². The molecule has 0 amide bonds. The summed E-state index contributed by atoms with van der Waals surface area (Å²) >= 11 is 0. The lowest BCUT2D eigenvalue weighted by atomic mass is 10.1. The summed E-state index contributed by atoms with van der Waals surface area (Å²) in [4.78, 5) is 42.3. The van der Waals surface area contributed by atoms with Crippen LogP contribution in [0.15, 0.2) is 24.3 Å². The third-order valence-corrected chi connectivity index (χ3v) is 4.86. The third kappa shape index (κ3) is 6.80. The molecule has 1 rings (SSSR count). The van der Waals surface area contributed by atoms with E-state index >= 15 is 0 Å². The van der Waals surface area contributed by atoms with Crippen LogP contribution in [0.5, 0.6) is 0 Å². The number of aliphatic carboxylic acids is 2. The summed E-state index contributed by atoms with van der Waals surface area (Å²) in [5, 5.41) is 29.1. The molecule has 0 aliphatic rings. The van der Waals surface area contributed by atoms with Gasteiger partial charge in [-0.05, 0) is 24.6 Å². The van der Waals surface area contributed by atoms with Gasteiger partial charge in [-0.25, -0.2) is 4.79 Å². The van der Waals surface area contributed by atoms with Crippen molar-refractivity contribution in [3.8, 4) is 0 Å². The van der Waals surface area contributed by atoms with Gasteiger partial charge >= 0.3 is 17.9 Å². The Kier molecular flexibility index (Phi) is 6.94. The number of hydrogen-bond donors (Lipinski definition) is 5. The largest absolute Gasteiger partial charge is 0.481 e. The first-order valence-electron chi connectivity index (χ1n) is 6.93. The van der Waals surface area contributed by atoms with Gasteiger partial charge in [0, 0.05) is 18.3 Å². The Morgan fingerprint density at radius 3 is 2.38 bits per heavy atom. The van der Waals surface area contributed by atoms with E-state index in [9.17, 15) is 23.8 Å². The van der Waals surface area contributed by atoms with Gasteiger partial charge in [-0.3, -0.25) is 14.2 Å². The summed E-state index contributed by atoms with van der Waals surface area (Å²) in [6.07, 6.45) is -1.68. The van der Waals surface area contributed by atoms with Crippen LogP contribution in [-0.4, -0.2) is 50.6 Å². The van der Waals surface area contributed by atoms with Gasteiger partial charge in [-0.2, -0.15) is 0 Å². The van der Waals surface area contributed by atoms with Crippen molar-refractivity contribution in [3.05, 3.63) is 29.8 Å². The maximum Gasteiger partial charge on any atom is 0.335 e. The van der Waals surface area contributed by atoms with E-state index in [4.69, 9.17) is 15.3 Å². The van der Waals surface area contributed by atoms with Gasteiger partial charge in [-0.15, -0.1) is 0 Å². The highest BCUT2D eigenvalue weighted by molar-refractivity contribution is 7.58. The molecule has 24 heavy (non-hydrogen) atoms. The molecule has 0 saturated heterocycles. The van der Waals surface area contributed by atoms with Crippen molar-refractivity contribution < 1.29 is 39.2 Å². The highest BCUT2D eigenvalue weighted by atomic mass is 31.2. The number of carboxylic acids is 3. The van der Waals surface area contributed by atoms with Crippen molar-refractivity contribution in [1.29, 1.82) is 0 Å². The predicted octanol–water partition coefficient (Wildman–Crippen LogP) is 1.59. The zero-order valence-electron chi connectivity index (χ0n) is 12.6. The Balaban J connectivity index is 2.69. The molecule has 0 aliphatic carbocycles. The Morgan fingerprint density at radius 1 is 1.17 bits per heavy atom. The van der Waals surface area contributed by atoms with Gasteiger partial charge in [0.2, 0.25) is 7.37 Å². The molecule has 0 aromatic heterocycles. The maximum absolute atomic E-state index is 12.1. The van der Waals surface area contributed by atoms with Crippen LogP contribution in [0.4, 0.5) is 5.69 Å². The van der Waals surface area contributed by atoms with Crippen LogP contribution < -0.4 is 5.32 Å². The third-order valence-electron chi connectivity index (χ3n) is 3.20. The molecular formula is C14H18NO8P. The zero-order valence-corrected chi connectivity index (χ0v) is 13.5. The van der Waals surface area contributed by atoms with Crippen LogP contribution in [-0.2, 0) is 14.2 Å². The summed E-state index contributed by atoms with van der Waals surface area (Å²) in [6, 6.07) is 5.60. The molecule has 0 aliphatic heterocycles. The molecule has 1 aromatic rings. The number of benzene rings is 1. The highest BCUT2D eigenvalue weighted by Crippen LogP contribution is 2.43. The molecule has 0 bridgehead atoms. The minimum absolute atomic E-state index is 0.00218. The fraction of sp³-hybridized carbons (Fsp3) is 0.357. The van der Waals surface area contributed by atoms with Crippen LogP contribution in [0.25, 0.3) is 0 Å². The first kappa shape index (κ1) is 19.7. The predicted molar refractivity (Wildman–Crippen MR) is 84.6 cm³/mol. The van der Waals surface area contributed by atoms with Gasteiger partial charge in [0.05, 0.1) is 17.8 Å². The second-order valence-corrected chi connectivity index (χ2v) is 7.59. The molecule has 1 aromatic carbocycles. The Morgan fingerprint density at radius 2 is 1.83 bits per heavy atom. The summed E-state index contributed by atoms with van der Waals surface area (Å²) in [5.74, 6) is -4.91. The lowest BCUT2D eigenvalue weighted by Crippen LogP contribution is -2.21. The van der Waals surface area contributed by atoms with Gasteiger partial charge < -0.3 is 25.5 Å². The maximum atomic E-state index is 12.1. The number of carboxylic acid groups (broad SMARTS) is 3. The van der Waals surface area contributed by atoms with Crippen molar-refractivity contribution in [2.75, 3.05) is 17.8 Å². The van der Waals surface area contributed by atoms with E-state index in [0.29, 0.717) is 5.69 Å². The summed E-state index contributed by atoms with van der Waals surface area (Å²) in [6.45, 7) is 0. The minimum atomic E-state index is -3.90. The smallest absolute Gasteiger partial charge is 0.335 e. The fourth-order valence-electron chi connectivity index (χ4n) is 1.98. The lowest BCUT2D eigenvalue weighted by molar-refractivity contribution is -0.142. The topological polar surface area (TPSA) is 161 Å². The van der Waals surface area contributed by atoms with Crippen molar-refractivity contribution in [2.45, 2.75) is 12.8 Å². The van der Waals surface area contributed by atoms with E-state index in [1.165, 1.54) is 24.3 Å². The summed E-state index contributed by atoms with van der Waals surface area (Å²) in [5.41, 5.74) is 0.305. The van der Waals surface area contributed by atoms with Gasteiger partial charge in [-0.1, -0.05) is 6.07 Å². The van der Waals surface area contributed by atoms with E-state index in [1.807, 2.05) is 0 Å². The van der Waals surface area contributed by atoms with E-state index in [2.05, 4.69) is 5.32 Å². The van der Waals surface area contributed by atoms with Crippen LogP contribution in [0.1, 0.15) is 23.2 Å². The van der Waals surface area contributed by atoms with Crippen molar-refractivity contribution in [1.82, 2.24) is 0 Å². The van der Waals surface area contributed by atoms with Crippen molar-refractivity contribution in [2.24, 2.45) is 5.92 Å². The van der Waals surface area contributed by atoms with E-state index in [-0.39, 0.29) is 12.0 Å². The molecule has 132 valence electrons. The minimum Gasteiger partial charge on any atom is -0.481 e. The number of nitrogens with one attached hydrogen (secondary N) is 1. The molecule has 0 fully saturated rings. The molecule has 5 N–H and O–H groups in total. The Bertz CT molecular complexity index is 674. The van der Waals surface area contributed by atoms with Gasteiger partial charge in [0.15, 0.2) is 0 Å². The average molecular weight is 359 g/mol. The fourth-order valence-corrected chi connectivity index (χ4v) is 3.56. The molecule has 0 heterocycles. The molecular weight excluding hydrogens is 341 g/mol. The lowest BCUT2D eigenvalue weighted by Gasteiger charge is -2.18. The van der Waals surface area contributed by atoms with E-state index < -0.39 is 50.1 Å². The molecule has 0 saturated carbocycles. The normalized spacial score (nSPS) is 14.4. The Labute approximate surface area is 137 Å². The first-order chi connectivity index (χ1) is 11.1. The molecule has 2 atom stereocenters. The SMILES string of the molecule is O=C(O)CCC(CP(=O)(O)CNc1cccc(C(=O)O)c1)C(=O)O. The van der Waals surface area contributed by atoms with E-state index in [0.717, 1.165) is 0 Å². The number of rotatable bonds is 10. The van der Waals surface area contributed by atoms with Gasteiger partial charge in [0.1, 0.15) is 0 Å². The second-order valence-electron chi connectivity index (χ2n) is 5.22. The molecule has 0 spiro atoms. The number of anilines is 1. The van der Waals surface area contributed by atoms with Crippen LogP contribution >= 0.6 is 7.37 Å². The second kappa shape index (κ2) is 8.47. The quantitative estimate of drug-likeness (QED) is 0.391. The number of aromatic carboxylic acids is 1. The standard InChI is InChI=1S/C14H18NO8P/c16-12(17)5-4-10(14(20)21)7-24(22,23)8-15-11-3-1-2-9(6-11)13(18)19/h1-3,6,10,15H,4-5,7-8H2,(H,16,17)(H,18,19)(H,20,21)(H,22,23). The first-order valence-corrected chi connectivity index (χ1v) is 8.96. The Hall–Kier alpha value is -2.38. The average Bonchev–Trinajstić information content (AvgIpc) is 2.49. The molecule has 9 nitrogen and oxygen atoms in total. The zero-order chi connectivity index (χ0) is 18.3. The molecule has 10 heteroatoms. The van der Waals surface area contributed by atoms with E-state index in [1.54, 1.807) is 0 Å². The van der Waals surface area contributed by atoms with Crippen molar-refractivity contribution in [3.63, 3.8) is 0 Å². The number of carbonyl (C=O) groups is 3. The monoisotopic (exact) mass is 359 g/mol. The molecule has 2 unspecified atom stereocenters. The van der Waals surface area contributed by atoms with Gasteiger partial charge in [0.25, 0.3) is 0 Å². The summed E-state index contributed by atoms with van der Waals surface area (Å²) in [7, 11) is -3.90. The highest BCUT2D eigenvalue weighted by Gasteiger charge is 2.29. The molecule has 0 radical (unpaired) electrons. The number of hydrogen-bond acceptors (Lipinski definition) is 5. The van der Waals surface area contributed by atoms with Crippen LogP contribution in [0.2, 0.25) is 0 Å². The summed E-state index contributed by atoms with van der Waals surface area (Å²) < 4.78 is 12.1. The van der Waals surface area contributed by atoms with Crippen molar-refractivity contribution >= 4 is 31.0 Å². The van der Waals surface area contributed by atoms with Crippen LogP contribution in [0, 0.1) is 5.92 Å².